The number of esters is 1. The number of rotatable bonds is 6. The van der Waals surface area contributed by atoms with Gasteiger partial charge in [0.15, 0.2) is 0 Å². The molecule has 0 atom stereocenters. The Morgan fingerprint density at radius 2 is 2.17 bits per heavy atom. The molecule has 0 unspecified atom stereocenters. The van der Waals surface area contributed by atoms with Crippen LogP contribution < -0.4 is 10.1 Å². The Bertz CT molecular complexity index is 441. The first-order valence-electron chi connectivity index (χ1n) is 5.82. The number of nitrogens with one attached hydrogen (secondary N) is 1. The zero-order chi connectivity index (χ0) is 13.5. The molecule has 4 nitrogen and oxygen atoms in total. The van der Waals surface area contributed by atoms with E-state index >= 15 is 0 Å². The lowest BCUT2D eigenvalue weighted by Gasteiger charge is -2.10. The molecule has 0 radical (unpaired) electrons. The summed E-state index contributed by atoms with van der Waals surface area (Å²) in [5.74, 6) is 0.472. The summed E-state index contributed by atoms with van der Waals surface area (Å²) in [6.45, 7) is 8.14. The topological polar surface area (TPSA) is 47.6 Å². The highest BCUT2D eigenvalue weighted by Crippen LogP contribution is 2.21. The van der Waals surface area contributed by atoms with Gasteiger partial charge in [0.25, 0.3) is 0 Å². The second-order valence-electron chi connectivity index (χ2n) is 3.86. The van der Waals surface area contributed by atoms with Crippen LogP contribution in [0.25, 0.3) is 0 Å². The zero-order valence-electron chi connectivity index (χ0n) is 11.1. The summed E-state index contributed by atoms with van der Waals surface area (Å²) in [5.41, 5.74) is 2.35. The minimum Gasteiger partial charge on any atom is -0.496 e. The number of methoxy groups -OCH3 is 1. The van der Waals surface area contributed by atoms with Gasteiger partial charge in [-0.05, 0) is 37.6 Å². The molecule has 0 amide bonds. The second kappa shape index (κ2) is 6.69. The highest BCUT2D eigenvalue weighted by molar-refractivity contribution is 5.88. The van der Waals surface area contributed by atoms with Gasteiger partial charge in [-0.25, -0.2) is 4.79 Å². The minimum absolute atomic E-state index is 0.361. The van der Waals surface area contributed by atoms with E-state index in [-0.39, 0.29) is 5.97 Å². The number of hydrogen-bond acceptors (Lipinski definition) is 4. The maximum absolute atomic E-state index is 11.3. The van der Waals surface area contributed by atoms with Crippen LogP contribution in [-0.4, -0.2) is 26.2 Å². The monoisotopic (exact) mass is 249 g/mol. The first kappa shape index (κ1) is 14.1. The molecule has 4 heteroatoms. The van der Waals surface area contributed by atoms with Crippen LogP contribution in [0.3, 0.4) is 0 Å². The Balaban J connectivity index is 2.56. The largest absolute Gasteiger partial charge is 0.496 e. The molecule has 0 heterocycles. The van der Waals surface area contributed by atoms with E-state index in [0.717, 1.165) is 17.0 Å². The molecular formula is C14H19NO3. The van der Waals surface area contributed by atoms with Crippen LogP contribution in [0.2, 0.25) is 0 Å². The van der Waals surface area contributed by atoms with Crippen LogP contribution in [-0.2, 0) is 9.53 Å². The predicted molar refractivity (Wildman–Crippen MR) is 72.0 cm³/mol. The van der Waals surface area contributed by atoms with Crippen LogP contribution in [0.1, 0.15) is 12.5 Å². The van der Waals surface area contributed by atoms with Gasteiger partial charge in [-0.2, -0.15) is 0 Å². The highest BCUT2D eigenvalue weighted by atomic mass is 16.5. The summed E-state index contributed by atoms with van der Waals surface area (Å²) >= 11 is 0. The van der Waals surface area contributed by atoms with Crippen molar-refractivity contribution in [2.75, 3.05) is 25.6 Å². The SMILES string of the molecule is C=C(CNc1ccc(OC)c(C)c1)C(=O)OCC. The average Bonchev–Trinajstić information content (AvgIpc) is 2.36. The van der Waals surface area contributed by atoms with Gasteiger partial charge in [0.05, 0.1) is 13.7 Å². The van der Waals surface area contributed by atoms with Crippen LogP contribution in [0.4, 0.5) is 5.69 Å². The molecule has 98 valence electrons. The lowest BCUT2D eigenvalue weighted by molar-refractivity contribution is -0.138. The van der Waals surface area contributed by atoms with Crippen LogP contribution in [0.5, 0.6) is 5.75 Å². The van der Waals surface area contributed by atoms with Crippen LogP contribution in [0.15, 0.2) is 30.4 Å². The number of carbonyl (C=O) groups excluding carboxylic acids is 1. The van der Waals surface area contributed by atoms with Gasteiger partial charge in [0.1, 0.15) is 5.75 Å². The quantitative estimate of drug-likeness (QED) is 0.621. The minimum atomic E-state index is -0.366. The van der Waals surface area contributed by atoms with Crippen LogP contribution in [0, 0.1) is 6.92 Å². The fourth-order valence-corrected chi connectivity index (χ4v) is 1.50. The average molecular weight is 249 g/mol. The number of carbonyl (C=O) groups is 1. The van der Waals surface area contributed by atoms with Gasteiger partial charge < -0.3 is 14.8 Å². The van der Waals surface area contributed by atoms with Crippen molar-refractivity contribution >= 4 is 11.7 Å². The van der Waals surface area contributed by atoms with E-state index in [1.165, 1.54) is 0 Å². The fraction of sp³-hybridized carbons (Fsp3) is 0.357. The Morgan fingerprint density at radius 1 is 1.44 bits per heavy atom. The van der Waals surface area contributed by atoms with E-state index in [9.17, 15) is 4.79 Å². The summed E-state index contributed by atoms with van der Waals surface area (Å²) < 4.78 is 10.0. The van der Waals surface area contributed by atoms with Gasteiger partial charge in [0.2, 0.25) is 0 Å². The molecule has 0 aliphatic rings. The number of ether oxygens (including phenoxy) is 2. The Labute approximate surface area is 108 Å². The predicted octanol–water partition coefficient (Wildman–Crippen LogP) is 2.53. The third-order valence-corrected chi connectivity index (χ3v) is 2.46. The summed E-state index contributed by atoms with van der Waals surface area (Å²) in [6.07, 6.45) is 0. The van der Waals surface area contributed by atoms with Crippen molar-refractivity contribution in [1.82, 2.24) is 0 Å². The van der Waals surface area contributed by atoms with Crippen molar-refractivity contribution in [2.45, 2.75) is 13.8 Å². The van der Waals surface area contributed by atoms with Gasteiger partial charge in [-0.15, -0.1) is 0 Å². The van der Waals surface area contributed by atoms with Crippen molar-refractivity contribution < 1.29 is 14.3 Å². The fourth-order valence-electron chi connectivity index (χ4n) is 1.50. The Morgan fingerprint density at radius 3 is 2.72 bits per heavy atom. The molecule has 18 heavy (non-hydrogen) atoms. The zero-order valence-corrected chi connectivity index (χ0v) is 11.1. The first-order valence-corrected chi connectivity index (χ1v) is 5.82. The smallest absolute Gasteiger partial charge is 0.335 e. The van der Waals surface area contributed by atoms with Crippen LogP contribution >= 0.6 is 0 Å². The first-order chi connectivity index (χ1) is 8.58. The molecule has 0 aliphatic carbocycles. The van der Waals surface area contributed by atoms with Gasteiger partial charge in [0, 0.05) is 17.8 Å². The van der Waals surface area contributed by atoms with Gasteiger partial charge in [-0.1, -0.05) is 6.58 Å². The van der Waals surface area contributed by atoms with E-state index in [1.807, 2.05) is 25.1 Å². The molecule has 0 spiro atoms. The third-order valence-electron chi connectivity index (χ3n) is 2.46. The molecule has 0 bridgehead atoms. The number of hydrogen-bond donors (Lipinski definition) is 1. The second-order valence-corrected chi connectivity index (χ2v) is 3.86. The molecule has 1 N–H and O–H groups in total. The lowest BCUT2D eigenvalue weighted by Crippen LogP contribution is -2.14. The van der Waals surface area contributed by atoms with Crippen molar-refractivity contribution in [3.8, 4) is 5.75 Å². The molecular weight excluding hydrogens is 230 g/mol. The number of anilines is 1. The molecule has 1 aromatic carbocycles. The van der Waals surface area contributed by atoms with E-state index in [1.54, 1.807) is 14.0 Å². The summed E-state index contributed by atoms with van der Waals surface area (Å²) in [7, 11) is 1.64. The maximum atomic E-state index is 11.3. The number of aryl methyl sites for hydroxylation is 1. The molecule has 1 aromatic rings. The van der Waals surface area contributed by atoms with Crippen molar-refractivity contribution in [3.05, 3.63) is 35.9 Å². The van der Waals surface area contributed by atoms with E-state index < -0.39 is 0 Å². The summed E-state index contributed by atoms with van der Waals surface area (Å²) in [6, 6.07) is 5.73. The lowest BCUT2D eigenvalue weighted by atomic mass is 10.2. The summed E-state index contributed by atoms with van der Waals surface area (Å²) in [5, 5.41) is 3.12. The molecule has 0 aromatic heterocycles. The van der Waals surface area contributed by atoms with E-state index in [0.29, 0.717) is 18.7 Å². The molecule has 0 fully saturated rings. The van der Waals surface area contributed by atoms with Crippen molar-refractivity contribution in [3.63, 3.8) is 0 Å². The normalized spacial score (nSPS) is 9.72. The van der Waals surface area contributed by atoms with E-state index in [2.05, 4.69) is 11.9 Å². The standard InChI is InChI=1S/C14H19NO3/c1-5-18-14(16)11(3)9-15-12-6-7-13(17-4)10(2)8-12/h6-8,15H,3,5,9H2,1-2,4H3. The molecule has 0 saturated carbocycles. The van der Waals surface area contributed by atoms with E-state index in [4.69, 9.17) is 9.47 Å². The molecule has 0 aliphatic heterocycles. The highest BCUT2D eigenvalue weighted by Gasteiger charge is 2.07. The maximum Gasteiger partial charge on any atom is 0.335 e. The Hall–Kier alpha value is -1.97. The van der Waals surface area contributed by atoms with Gasteiger partial charge in [-0.3, -0.25) is 0 Å². The Kier molecular flexibility index (Phi) is 5.24. The van der Waals surface area contributed by atoms with Crippen molar-refractivity contribution in [1.29, 1.82) is 0 Å². The molecule has 1 rings (SSSR count). The molecule has 0 saturated heterocycles. The van der Waals surface area contributed by atoms with Crippen molar-refractivity contribution in [2.24, 2.45) is 0 Å². The summed E-state index contributed by atoms with van der Waals surface area (Å²) in [4.78, 5) is 11.3. The third kappa shape index (κ3) is 3.80. The van der Waals surface area contributed by atoms with Gasteiger partial charge >= 0.3 is 5.97 Å². The number of benzene rings is 1.